The lowest BCUT2D eigenvalue weighted by molar-refractivity contribution is -0.131. The number of hydrogen-bond donors (Lipinski definition) is 1. The minimum absolute atomic E-state index is 0.144. The summed E-state index contributed by atoms with van der Waals surface area (Å²) in [6, 6.07) is 3.83. The molecule has 0 radical (unpaired) electrons. The van der Waals surface area contributed by atoms with Gasteiger partial charge in [-0.2, -0.15) is 0 Å². The zero-order valence-electron chi connectivity index (χ0n) is 9.38. The van der Waals surface area contributed by atoms with Crippen LogP contribution >= 0.6 is 0 Å². The Morgan fingerprint density at radius 2 is 2.00 bits per heavy atom. The van der Waals surface area contributed by atoms with E-state index in [0.29, 0.717) is 19.5 Å². The molecule has 1 fully saturated rings. The van der Waals surface area contributed by atoms with Gasteiger partial charge in [0.1, 0.15) is 6.54 Å². The molecule has 0 saturated carbocycles. The summed E-state index contributed by atoms with van der Waals surface area (Å²) >= 11 is 0. The van der Waals surface area contributed by atoms with Crippen LogP contribution in [0.2, 0.25) is 0 Å². The van der Waals surface area contributed by atoms with E-state index in [1.807, 2.05) is 34.0 Å². The molecule has 1 aromatic heterocycles. The number of carbonyl (C=O) groups is 1. The van der Waals surface area contributed by atoms with Crippen molar-refractivity contribution in [3.05, 3.63) is 24.5 Å². The van der Waals surface area contributed by atoms with Gasteiger partial charge >= 0.3 is 0 Å². The first-order valence-corrected chi connectivity index (χ1v) is 5.82. The summed E-state index contributed by atoms with van der Waals surface area (Å²) in [5.74, 6) is 0.144. The fraction of sp³-hybridized carbons (Fsp3) is 0.583. The minimum Gasteiger partial charge on any atom is -0.393 e. The van der Waals surface area contributed by atoms with E-state index in [2.05, 4.69) is 0 Å². The van der Waals surface area contributed by atoms with E-state index in [-0.39, 0.29) is 12.0 Å². The normalized spacial score (nSPS) is 21.8. The van der Waals surface area contributed by atoms with Gasteiger partial charge in [0.15, 0.2) is 0 Å². The monoisotopic (exact) mass is 222 g/mol. The summed E-state index contributed by atoms with van der Waals surface area (Å²) in [5.41, 5.74) is 0. The molecule has 1 saturated heterocycles. The number of likely N-dealkylation sites (tertiary alicyclic amines) is 1. The molecule has 1 aromatic rings. The zero-order valence-corrected chi connectivity index (χ0v) is 9.38. The second-order valence-electron chi connectivity index (χ2n) is 4.32. The van der Waals surface area contributed by atoms with Crippen LogP contribution in [0, 0.1) is 0 Å². The first-order valence-electron chi connectivity index (χ1n) is 5.82. The summed E-state index contributed by atoms with van der Waals surface area (Å²) in [4.78, 5) is 13.8. The maximum Gasteiger partial charge on any atom is 0.242 e. The van der Waals surface area contributed by atoms with Crippen LogP contribution in [0.3, 0.4) is 0 Å². The molecule has 16 heavy (non-hydrogen) atoms. The number of hydrogen-bond acceptors (Lipinski definition) is 2. The number of amides is 1. The van der Waals surface area contributed by atoms with Crippen molar-refractivity contribution in [2.24, 2.45) is 0 Å². The van der Waals surface area contributed by atoms with Gasteiger partial charge in [-0.3, -0.25) is 4.79 Å². The third-order valence-electron chi connectivity index (χ3n) is 3.03. The van der Waals surface area contributed by atoms with E-state index < -0.39 is 0 Å². The molecule has 2 heterocycles. The van der Waals surface area contributed by atoms with Crippen molar-refractivity contribution in [3.63, 3.8) is 0 Å². The Balaban J connectivity index is 1.89. The minimum atomic E-state index is -0.232. The SMILES string of the molecule is O=C(Cn1cccc1)N1CCC[C@H](O)CC1. The predicted molar refractivity (Wildman–Crippen MR) is 60.9 cm³/mol. The Bertz CT molecular complexity index is 335. The van der Waals surface area contributed by atoms with E-state index >= 15 is 0 Å². The Kier molecular flexibility index (Phi) is 3.62. The van der Waals surface area contributed by atoms with Crippen molar-refractivity contribution < 1.29 is 9.90 Å². The smallest absolute Gasteiger partial charge is 0.242 e. The van der Waals surface area contributed by atoms with Crippen LogP contribution in [0.4, 0.5) is 0 Å². The molecule has 4 heteroatoms. The second kappa shape index (κ2) is 5.16. The Morgan fingerprint density at radius 3 is 2.75 bits per heavy atom. The highest BCUT2D eigenvalue weighted by molar-refractivity contribution is 5.76. The van der Waals surface area contributed by atoms with E-state index in [4.69, 9.17) is 0 Å². The maximum atomic E-state index is 11.9. The molecule has 0 bridgehead atoms. The van der Waals surface area contributed by atoms with Crippen LogP contribution < -0.4 is 0 Å². The average Bonchev–Trinajstić information content (AvgIpc) is 2.66. The van der Waals surface area contributed by atoms with E-state index in [9.17, 15) is 9.90 Å². The summed E-state index contributed by atoms with van der Waals surface area (Å²) in [6.07, 6.45) is 5.97. The molecule has 0 aliphatic carbocycles. The van der Waals surface area contributed by atoms with Gasteiger partial charge in [-0.05, 0) is 31.4 Å². The molecule has 1 amide bonds. The molecule has 1 aliphatic rings. The quantitative estimate of drug-likeness (QED) is 0.806. The highest BCUT2D eigenvalue weighted by Crippen LogP contribution is 2.11. The maximum absolute atomic E-state index is 11.9. The molecular weight excluding hydrogens is 204 g/mol. The molecule has 2 rings (SSSR count). The van der Waals surface area contributed by atoms with Crippen molar-refractivity contribution in [3.8, 4) is 0 Å². The predicted octanol–water partition coefficient (Wildman–Crippen LogP) is 0.861. The van der Waals surface area contributed by atoms with Crippen LogP contribution in [0.25, 0.3) is 0 Å². The zero-order chi connectivity index (χ0) is 11.4. The summed E-state index contributed by atoms with van der Waals surface area (Å²) in [7, 11) is 0. The van der Waals surface area contributed by atoms with Gasteiger partial charge in [-0.1, -0.05) is 0 Å². The fourth-order valence-electron chi connectivity index (χ4n) is 2.06. The standard InChI is InChI=1S/C12H18N2O2/c15-11-4-3-8-14(9-5-11)12(16)10-13-6-1-2-7-13/h1-2,6-7,11,15H,3-5,8-10H2/t11-/m0/s1. The van der Waals surface area contributed by atoms with Crippen LogP contribution in [-0.2, 0) is 11.3 Å². The number of nitrogens with zero attached hydrogens (tertiary/aromatic N) is 2. The van der Waals surface area contributed by atoms with Crippen LogP contribution in [0.5, 0.6) is 0 Å². The molecule has 1 aliphatic heterocycles. The second-order valence-corrected chi connectivity index (χ2v) is 4.32. The number of aromatic nitrogens is 1. The molecule has 0 aromatic carbocycles. The van der Waals surface area contributed by atoms with E-state index in [1.54, 1.807) is 0 Å². The highest BCUT2D eigenvalue weighted by atomic mass is 16.3. The molecule has 0 unspecified atom stereocenters. The van der Waals surface area contributed by atoms with E-state index in [1.165, 1.54) is 0 Å². The topological polar surface area (TPSA) is 45.5 Å². The van der Waals surface area contributed by atoms with Crippen molar-refractivity contribution >= 4 is 5.91 Å². The van der Waals surface area contributed by atoms with Gasteiger partial charge in [0.25, 0.3) is 0 Å². The third-order valence-corrected chi connectivity index (χ3v) is 3.03. The molecule has 1 N–H and O–H groups in total. The van der Waals surface area contributed by atoms with Gasteiger partial charge in [0.2, 0.25) is 5.91 Å². The van der Waals surface area contributed by atoms with Gasteiger partial charge in [0.05, 0.1) is 6.10 Å². The van der Waals surface area contributed by atoms with Crippen molar-refractivity contribution in [1.82, 2.24) is 9.47 Å². The van der Waals surface area contributed by atoms with Crippen LogP contribution in [0.1, 0.15) is 19.3 Å². The van der Waals surface area contributed by atoms with Gasteiger partial charge in [0, 0.05) is 25.5 Å². The lowest BCUT2D eigenvalue weighted by atomic mass is 10.2. The number of aliphatic hydroxyl groups excluding tert-OH is 1. The molecule has 1 atom stereocenters. The van der Waals surface area contributed by atoms with Crippen molar-refractivity contribution in [2.45, 2.75) is 31.9 Å². The van der Waals surface area contributed by atoms with Crippen molar-refractivity contribution in [1.29, 1.82) is 0 Å². The number of carbonyl (C=O) groups excluding carboxylic acids is 1. The Morgan fingerprint density at radius 1 is 1.25 bits per heavy atom. The average molecular weight is 222 g/mol. The summed E-state index contributed by atoms with van der Waals surface area (Å²) in [6.45, 7) is 1.86. The molecule has 0 spiro atoms. The summed E-state index contributed by atoms with van der Waals surface area (Å²) in [5, 5.41) is 9.50. The van der Waals surface area contributed by atoms with Gasteiger partial charge in [-0.15, -0.1) is 0 Å². The van der Waals surface area contributed by atoms with Gasteiger partial charge in [-0.25, -0.2) is 0 Å². The van der Waals surface area contributed by atoms with Crippen LogP contribution in [-0.4, -0.2) is 39.7 Å². The molecule has 4 nitrogen and oxygen atoms in total. The van der Waals surface area contributed by atoms with Crippen LogP contribution in [0.15, 0.2) is 24.5 Å². The number of aliphatic hydroxyl groups is 1. The Labute approximate surface area is 95.5 Å². The summed E-state index contributed by atoms with van der Waals surface area (Å²) < 4.78 is 1.88. The fourth-order valence-corrected chi connectivity index (χ4v) is 2.06. The van der Waals surface area contributed by atoms with E-state index in [0.717, 1.165) is 19.4 Å². The largest absolute Gasteiger partial charge is 0.393 e. The Hall–Kier alpha value is -1.29. The first kappa shape index (κ1) is 11.2. The van der Waals surface area contributed by atoms with Gasteiger partial charge < -0.3 is 14.6 Å². The molecular formula is C12H18N2O2. The van der Waals surface area contributed by atoms with Crippen molar-refractivity contribution in [2.75, 3.05) is 13.1 Å². The first-order chi connectivity index (χ1) is 7.75. The highest BCUT2D eigenvalue weighted by Gasteiger charge is 2.18. The third kappa shape index (κ3) is 2.85. The lowest BCUT2D eigenvalue weighted by Crippen LogP contribution is -2.34. The lowest BCUT2D eigenvalue weighted by Gasteiger charge is -2.20. The molecule has 88 valence electrons. The number of rotatable bonds is 2.